The zero-order valence-electron chi connectivity index (χ0n) is 11.7. The summed E-state index contributed by atoms with van der Waals surface area (Å²) >= 11 is 0. The minimum Gasteiger partial charge on any atom is -0.481 e. The molecule has 0 unspecified atom stereocenters. The highest BCUT2D eigenvalue weighted by Gasteiger charge is 2.30. The number of H-pyrrole nitrogens is 1. The first kappa shape index (κ1) is 15.1. The molecule has 3 rings (SSSR count). The SMILES string of the molecule is O=C(O)Cc1ccc2[nH]c(-c3cccc(C(F)(F)F)c3)nc2c1. The second-order valence-corrected chi connectivity index (χ2v) is 5.09. The minimum atomic E-state index is -4.42. The van der Waals surface area contributed by atoms with Gasteiger partial charge in [-0.15, -0.1) is 0 Å². The lowest BCUT2D eigenvalue weighted by molar-refractivity contribution is -0.138. The number of nitrogens with one attached hydrogen (secondary N) is 1. The summed E-state index contributed by atoms with van der Waals surface area (Å²) in [7, 11) is 0. The smallest absolute Gasteiger partial charge is 0.416 e. The molecule has 0 aliphatic carbocycles. The summed E-state index contributed by atoms with van der Waals surface area (Å²) in [6, 6.07) is 9.79. The third-order valence-electron chi connectivity index (χ3n) is 3.37. The number of nitrogens with zero attached hydrogens (tertiary/aromatic N) is 1. The van der Waals surface area contributed by atoms with Crippen molar-refractivity contribution >= 4 is 17.0 Å². The van der Waals surface area contributed by atoms with E-state index in [-0.39, 0.29) is 6.42 Å². The van der Waals surface area contributed by atoms with Gasteiger partial charge in [-0.3, -0.25) is 4.79 Å². The Labute approximate surface area is 128 Å². The van der Waals surface area contributed by atoms with E-state index in [1.807, 2.05) is 0 Å². The van der Waals surface area contributed by atoms with Gasteiger partial charge in [0.15, 0.2) is 0 Å². The van der Waals surface area contributed by atoms with Crippen LogP contribution in [0, 0.1) is 0 Å². The summed E-state index contributed by atoms with van der Waals surface area (Å²) in [5.41, 5.74) is 1.28. The number of alkyl halides is 3. The van der Waals surface area contributed by atoms with Crippen LogP contribution < -0.4 is 0 Å². The number of aromatic amines is 1. The van der Waals surface area contributed by atoms with E-state index >= 15 is 0 Å². The quantitative estimate of drug-likeness (QED) is 0.770. The van der Waals surface area contributed by atoms with E-state index in [2.05, 4.69) is 9.97 Å². The van der Waals surface area contributed by atoms with Crippen molar-refractivity contribution < 1.29 is 23.1 Å². The number of hydrogen-bond donors (Lipinski definition) is 2. The van der Waals surface area contributed by atoms with Gasteiger partial charge in [-0.05, 0) is 29.8 Å². The van der Waals surface area contributed by atoms with Crippen molar-refractivity contribution in [2.75, 3.05) is 0 Å². The van der Waals surface area contributed by atoms with Crippen LogP contribution in [0.4, 0.5) is 13.2 Å². The van der Waals surface area contributed by atoms with Crippen LogP contribution in [-0.2, 0) is 17.4 Å². The van der Waals surface area contributed by atoms with Gasteiger partial charge in [0.25, 0.3) is 0 Å². The second kappa shape index (κ2) is 5.42. The molecule has 2 aromatic carbocycles. The van der Waals surface area contributed by atoms with Crippen LogP contribution in [-0.4, -0.2) is 21.0 Å². The molecule has 0 spiro atoms. The zero-order chi connectivity index (χ0) is 16.6. The summed E-state index contributed by atoms with van der Waals surface area (Å²) in [6.45, 7) is 0. The van der Waals surface area contributed by atoms with Crippen molar-refractivity contribution in [1.29, 1.82) is 0 Å². The molecule has 0 amide bonds. The number of carbonyl (C=O) groups is 1. The first-order valence-electron chi connectivity index (χ1n) is 6.71. The minimum absolute atomic E-state index is 0.137. The summed E-state index contributed by atoms with van der Waals surface area (Å²) < 4.78 is 38.3. The molecular weight excluding hydrogens is 309 g/mol. The largest absolute Gasteiger partial charge is 0.481 e. The van der Waals surface area contributed by atoms with Crippen LogP contribution in [0.5, 0.6) is 0 Å². The highest BCUT2D eigenvalue weighted by Crippen LogP contribution is 2.32. The van der Waals surface area contributed by atoms with Gasteiger partial charge in [-0.1, -0.05) is 18.2 Å². The molecule has 4 nitrogen and oxygen atoms in total. The number of fused-ring (bicyclic) bond motifs is 1. The summed E-state index contributed by atoms with van der Waals surface area (Å²) in [5, 5.41) is 8.79. The Hall–Kier alpha value is -2.83. The van der Waals surface area contributed by atoms with Gasteiger partial charge in [0.05, 0.1) is 23.0 Å². The number of aliphatic carboxylic acids is 1. The average Bonchev–Trinajstić information content (AvgIpc) is 2.89. The highest BCUT2D eigenvalue weighted by atomic mass is 19.4. The van der Waals surface area contributed by atoms with Crippen molar-refractivity contribution in [1.82, 2.24) is 9.97 Å². The molecule has 23 heavy (non-hydrogen) atoms. The van der Waals surface area contributed by atoms with Crippen LogP contribution in [0.25, 0.3) is 22.4 Å². The highest BCUT2D eigenvalue weighted by molar-refractivity contribution is 5.81. The van der Waals surface area contributed by atoms with E-state index in [9.17, 15) is 18.0 Å². The van der Waals surface area contributed by atoms with Crippen LogP contribution in [0.2, 0.25) is 0 Å². The topological polar surface area (TPSA) is 66.0 Å². The molecule has 7 heteroatoms. The monoisotopic (exact) mass is 320 g/mol. The van der Waals surface area contributed by atoms with Gasteiger partial charge in [0.1, 0.15) is 5.82 Å². The number of carboxylic acid groups (broad SMARTS) is 1. The Kier molecular flexibility index (Phi) is 3.55. The van der Waals surface area contributed by atoms with Crippen molar-refractivity contribution in [3.63, 3.8) is 0 Å². The molecule has 0 saturated heterocycles. The van der Waals surface area contributed by atoms with Gasteiger partial charge < -0.3 is 10.1 Å². The Balaban J connectivity index is 2.02. The maximum absolute atomic E-state index is 12.8. The lowest BCUT2D eigenvalue weighted by Gasteiger charge is -2.07. The first-order chi connectivity index (χ1) is 10.8. The number of benzene rings is 2. The molecule has 118 valence electrons. The standard InChI is InChI=1S/C16H11F3N2O2/c17-16(18,19)11-3-1-2-10(8-11)15-20-12-5-4-9(7-14(22)23)6-13(12)21-15/h1-6,8H,7H2,(H,20,21)(H,22,23). The predicted molar refractivity (Wildman–Crippen MR) is 77.9 cm³/mol. The number of aromatic nitrogens is 2. The van der Waals surface area contributed by atoms with Gasteiger partial charge in [0, 0.05) is 5.56 Å². The van der Waals surface area contributed by atoms with Gasteiger partial charge in [-0.25, -0.2) is 4.98 Å². The van der Waals surface area contributed by atoms with E-state index in [1.165, 1.54) is 12.1 Å². The van der Waals surface area contributed by atoms with Crippen molar-refractivity contribution in [2.24, 2.45) is 0 Å². The first-order valence-corrected chi connectivity index (χ1v) is 6.71. The van der Waals surface area contributed by atoms with E-state index in [0.29, 0.717) is 28.0 Å². The molecule has 3 aromatic rings. The van der Waals surface area contributed by atoms with E-state index in [1.54, 1.807) is 18.2 Å². The Morgan fingerprint density at radius 2 is 1.96 bits per heavy atom. The number of halogens is 3. The molecule has 0 bridgehead atoms. The van der Waals surface area contributed by atoms with Crippen molar-refractivity contribution in [3.05, 3.63) is 53.6 Å². The van der Waals surface area contributed by atoms with E-state index < -0.39 is 17.7 Å². The lowest BCUT2D eigenvalue weighted by atomic mass is 10.1. The van der Waals surface area contributed by atoms with Gasteiger partial charge >= 0.3 is 12.1 Å². The molecular formula is C16H11F3N2O2. The summed E-state index contributed by atoms with van der Waals surface area (Å²) in [5.74, 6) is -0.656. The number of hydrogen-bond acceptors (Lipinski definition) is 2. The molecule has 0 fully saturated rings. The Morgan fingerprint density at radius 1 is 1.17 bits per heavy atom. The normalized spacial score (nSPS) is 11.8. The van der Waals surface area contributed by atoms with Crippen molar-refractivity contribution in [3.8, 4) is 11.4 Å². The molecule has 1 aromatic heterocycles. The molecule has 0 aliphatic heterocycles. The zero-order valence-corrected chi connectivity index (χ0v) is 11.7. The van der Waals surface area contributed by atoms with E-state index in [4.69, 9.17) is 5.11 Å². The molecule has 2 N–H and O–H groups in total. The number of carboxylic acids is 1. The molecule has 1 heterocycles. The lowest BCUT2D eigenvalue weighted by Crippen LogP contribution is -2.04. The molecule has 0 atom stereocenters. The predicted octanol–water partition coefficient (Wildman–Crippen LogP) is 3.88. The number of rotatable bonds is 3. The molecule has 0 aliphatic rings. The maximum atomic E-state index is 12.8. The van der Waals surface area contributed by atoms with Crippen LogP contribution in [0.1, 0.15) is 11.1 Å². The fourth-order valence-electron chi connectivity index (χ4n) is 2.32. The maximum Gasteiger partial charge on any atom is 0.416 e. The fourth-order valence-corrected chi connectivity index (χ4v) is 2.32. The molecule has 0 radical (unpaired) electrons. The Bertz CT molecular complexity index is 884. The van der Waals surface area contributed by atoms with Gasteiger partial charge in [-0.2, -0.15) is 13.2 Å². The third-order valence-corrected chi connectivity index (χ3v) is 3.37. The number of imidazole rings is 1. The Morgan fingerprint density at radius 3 is 2.65 bits per heavy atom. The van der Waals surface area contributed by atoms with E-state index in [0.717, 1.165) is 12.1 Å². The van der Waals surface area contributed by atoms with Crippen LogP contribution in [0.3, 0.4) is 0 Å². The van der Waals surface area contributed by atoms with Crippen LogP contribution >= 0.6 is 0 Å². The second-order valence-electron chi connectivity index (χ2n) is 5.09. The summed E-state index contributed by atoms with van der Waals surface area (Å²) in [4.78, 5) is 17.9. The van der Waals surface area contributed by atoms with Crippen molar-refractivity contribution in [2.45, 2.75) is 12.6 Å². The third kappa shape index (κ3) is 3.18. The van der Waals surface area contributed by atoms with Crippen LogP contribution in [0.15, 0.2) is 42.5 Å². The fraction of sp³-hybridized carbons (Fsp3) is 0.125. The van der Waals surface area contributed by atoms with Gasteiger partial charge in [0.2, 0.25) is 0 Å². The average molecular weight is 320 g/mol. The molecule has 0 saturated carbocycles. The summed E-state index contributed by atoms with van der Waals surface area (Å²) in [6.07, 6.45) is -4.56.